The molecule has 1 heterocycles. The number of pyridine rings is 1. The Morgan fingerprint density at radius 1 is 1.09 bits per heavy atom. The number of carboxylic acid groups (broad SMARTS) is 1. The monoisotopic (exact) mass is 469 g/mol. The van der Waals surface area contributed by atoms with E-state index in [1.165, 1.54) is 30.5 Å². The molecule has 1 N–H and O–H groups in total. The zero-order valence-electron chi connectivity index (χ0n) is 18.0. The quantitative estimate of drug-likeness (QED) is 0.407. The second-order valence-corrected chi connectivity index (χ2v) is 8.31. The molecule has 170 valence electrons. The van der Waals surface area contributed by atoms with E-state index in [-0.39, 0.29) is 18.0 Å². The van der Waals surface area contributed by atoms with Crippen LogP contribution in [0.3, 0.4) is 0 Å². The van der Waals surface area contributed by atoms with Crippen molar-refractivity contribution in [2.75, 3.05) is 0 Å². The number of ether oxygens (including phenoxy) is 1. The number of aromatic nitrogens is 1. The third-order valence-corrected chi connectivity index (χ3v) is 6.03. The van der Waals surface area contributed by atoms with E-state index < -0.39 is 11.8 Å². The molecule has 0 saturated carbocycles. The first-order chi connectivity index (χ1) is 15.9. The highest BCUT2D eigenvalue weighted by atomic mass is 35.5. The van der Waals surface area contributed by atoms with Crippen molar-refractivity contribution in [1.82, 2.24) is 4.98 Å². The van der Waals surface area contributed by atoms with E-state index in [1.54, 1.807) is 18.2 Å². The molecular weight excluding hydrogens is 448 g/mol. The lowest BCUT2D eigenvalue weighted by atomic mass is 9.96. The summed E-state index contributed by atoms with van der Waals surface area (Å²) in [5.41, 5.74) is 4.59. The first kappa shape index (κ1) is 22.9. The highest BCUT2D eigenvalue weighted by Gasteiger charge is 2.23. The van der Waals surface area contributed by atoms with E-state index in [0.717, 1.165) is 40.7 Å². The van der Waals surface area contributed by atoms with Gasteiger partial charge in [-0.05, 0) is 83.9 Å². The Kier molecular flexibility index (Phi) is 6.75. The number of hydrogen-bond donors (Lipinski definition) is 1. The fraction of sp³-hybridized carbons (Fsp3) is 0.231. The molecule has 3 aromatic rings. The number of rotatable bonds is 7. The number of hydrogen-bond acceptors (Lipinski definition) is 3. The number of allylic oxidation sites excluding steroid dienone is 2. The molecule has 0 saturated heterocycles. The molecule has 0 amide bonds. The number of carboxylic acids is 1. The van der Waals surface area contributed by atoms with E-state index in [4.69, 9.17) is 16.3 Å². The largest absolute Gasteiger partial charge is 0.478 e. The minimum absolute atomic E-state index is 0.216. The van der Waals surface area contributed by atoms with Crippen LogP contribution in [0.15, 0.2) is 48.7 Å². The van der Waals surface area contributed by atoms with Crippen LogP contribution in [-0.4, -0.2) is 16.1 Å². The van der Waals surface area contributed by atoms with Crippen molar-refractivity contribution in [3.63, 3.8) is 0 Å². The lowest BCUT2D eigenvalue weighted by Gasteiger charge is -2.15. The fourth-order valence-electron chi connectivity index (χ4n) is 4.20. The van der Waals surface area contributed by atoms with Gasteiger partial charge in [0.05, 0.1) is 10.6 Å². The van der Waals surface area contributed by atoms with E-state index in [1.807, 2.05) is 6.92 Å². The summed E-state index contributed by atoms with van der Waals surface area (Å²) in [6, 6.07) is 10.5. The third-order valence-electron chi connectivity index (χ3n) is 5.82. The van der Waals surface area contributed by atoms with Gasteiger partial charge in [-0.3, -0.25) is 0 Å². The first-order valence-electron chi connectivity index (χ1n) is 10.7. The summed E-state index contributed by atoms with van der Waals surface area (Å²) < 4.78 is 33.6. The lowest BCUT2D eigenvalue weighted by molar-refractivity contribution is 0.0692. The topological polar surface area (TPSA) is 59.4 Å². The average Bonchev–Trinajstić information content (AvgIpc) is 3.28. The Morgan fingerprint density at radius 2 is 1.88 bits per heavy atom. The molecule has 0 fully saturated rings. The maximum Gasteiger partial charge on any atom is 0.338 e. The lowest BCUT2D eigenvalue weighted by Crippen LogP contribution is -2.04. The zero-order chi connectivity index (χ0) is 23.5. The molecule has 0 aliphatic heterocycles. The molecule has 0 atom stereocenters. The number of halogens is 3. The molecule has 1 aromatic heterocycles. The SMILES string of the molecule is CCc1cc(F)ccc1COc1ncc(Cl)cc1C1=C(c2ccc(F)c(C(=O)O)c2)CCC1. The second kappa shape index (κ2) is 9.71. The van der Waals surface area contributed by atoms with Gasteiger partial charge in [0.2, 0.25) is 5.88 Å². The summed E-state index contributed by atoms with van der Waals surface area (Å²) in [7, 11) is 0. The molecule has 0 unspecified atom stereocenters. The summed E-state index contributed by atoms with van der Waals surface area (Å²) in [6.45, 7) is 2.17. The first-order valence-corrected chi connectivity index (χ1v) is 11.1. The van der Waals surface area contributed by atoms with Crippen LogP contribution in [0, 0.1) is 11.6 Å². The fourth-order valence-corrected chi connectivity index (χ4v) is 4.36. The van der Waals surface area contributed by atoms with Crippen LogP contribution >= 0.6 is 11.6 Å². The Hall–Kier alpha value is -3.25. The number of aryl methyl sites for hydroxylation is 1. The van der Waals surface area contributed by atoms with Crippen molar-refractivity contribution < 1.29 is 23.4 Å². The molecule has 1 aliphatic carbocycles. The van der Waals surface area contributed by atoms with Crippen molar-refractivity contribution in [2.45, 2.75) is 39.2 Å². The Labute approximate surface area is 195 Å². The number of benzene rings is 2. The Balaban J connectivity index is 1.72. The summed E-state index contributed by atoms with van der Waals surface area (Å²) in [4.78, 5) is 15.8. The second-order valence-electron chi connectivity index (χ2n) is 7.87. The van der Waals surface area contributed by atoms with Crippen LogP contribution in [-0.2, 0) is 13.0 Å². The molecule has 4 nitrogen and oxygen atoms in total. The predicted molar refractivity (Wildman–Crippen MR) is 123 cm³/mol. The van der Waals surface area contributed by atoms with Gasteiger partial charge >= 0.3 is 5.97 Å². The van der Waals surface area contributed by atoms with Gasteiger partial charge in [0.15, 0.2) is 0 Å². The molecule has 7 heteroatoms. The Morgan fingerprint density at radius 3 is 2.64 bits per heavy atom. The van der Waals surface area contributed by atoms with Crippen molar-refractivity contribution in [2.24, 2.45) is 0 Å². The van der Waals surface area contributed by atoms with Crippen LogP contribution < -0.4 is 4.74 Å². The molecule has 1 aliphatic rings. The molecule has 0 radical (unpaired) electrons. The van der Waals surface area contributed by atoms with E-state index in [9.17, 15) is 18.7 Å². The summed E-state index contributed by atoms with van der Waals surface area (Å²) in [5.74, 6) is -1.98. The van der Waals surface area contributed by atoms with Gasteiger partial charge in [-0.1, -0.05) is 30.7 Å². The maximum atomic E-state index is 13.9. The van der Waals surface area contributed by atoms with Crippen LogP contribution in [0.1, 0.15) is 58.8 Å². The third kappa shape index (κ3) is 4.91. The predicted octanol–water partition coefficient (Wildman–Crippen LogP) is 6.95. The van der Waals surface area contributed by atoms with Crippen molar-refractivity contribution in [3.8, 4) is 5.88 Å². The van der Waals surface area contributed by atoms with Crippen molar-refractivity contribution in [3.05, 3.63) is 93.1 Å². The van der Waals surface area contributed by atoms with Gasteiger partial charge < -0.3 is 9.84 Å². The Bertz CT molecular complexity index is 1260. The van der Waals surface area contributed by atoms with Gasteiger partial charge in [0.25, 0.3) is 0 Å². The normalized spacial score (nSPS) is 13.5. The van der Waals surface area contributed by atoms with E-state index in [2.05, 4.69) is 4.98 Å². The molecule has 0 bridgehead atoms. The van der Waals surface area contributed by atoms with E-state index in [0.29, 0.717) is 29.3 Å². The van der Waals surface area contributed by atoms with Crippen LogP contribution in [0.2, 0.25) is 5.02 Å². The van der Waals surface area contributed by atoms with Crippen molar-refractivity contribution >= 4 is 28.7 Å². The van der Waals surface area contributed by atoms with Crippen LogP contribution in [0.25, 0.3) is 11.1 Å². The smallest absolute Gasteiger partial charge is 0.338 e. The van der Waals surface area contributed by atoms with Crippen molar-refractivity contribution in [1.29, 1.82) is 0 Å². The summed E-state index contributed by atoms with van der Waals surface area (Å²) >= 11 is 6.25. The zero-order valence-corrected chi connectivity index (χ0v) is 18.8. The molecule has 0 spiro atoms. The number of carbonyl (C=O) groups is 1. The summed E-state index contributed by atoms with van der Waals surface area (Å²) in [6.07, 6.45) is 4.47. The van der Waals surface area contributed by atoms with Gasteiger partial charge in [0, 0.05) is 11.8 Å². The molecule has 4 rings (SSSR count). The minimum Gasteiger partial charge on any atom is -0.478 e. The number of aromatic carboxylic acids is 1. The highest BCUT2D eigenvalue weighted by molar-refractivity contribution is 6.30. The highest BCUT2D eigenvalue weighted by Crippen LogP contribution is 2.43. The molecular formula is C26H22ClF2NO3. The van der Waals surface area contributed by atoms with Crippen LogP contribution in [0.5, 0.6) is 5.88 Å². The van der Waals surface area contributed by atoms with Gasteiger partial charge in [-0.15, -0.1) is 0 Å². The molecule has 2 aromatic carbocycles. The average molecular weight is 470 g/mol. The minimum atomic E-state index is -1.31. The maximum absolute atomic E-state index is 13.9. The van der Waals surface area contributed by atoms with Gasteiger partial charge in [-0.2, -0.15) is 0 Å². The molecule has 33 heavy (non-hydrogen) atoms. The van der Waals surface area contributed by atoms with E-state index >= 15 is 0 Å². The standard InChI is InChI=1S/C26H22ClF2NO3/c1-2-15-10-19(28)8-6-17(15)14-33-25-22(12-18(27)13-30-25)21-5-3-4-20(21)16-7-9-24(29)23(11-16)26(31)32/h6-13H,2-5,14H2,1H3,(H,31,32). The van der Waals surface area contributed by atoms with Gasteiger partial charge in [0.1, 0.15) is 18.2 Å². The summed E-state index contributed by atoms with van der Waals surface area (Å²) in [5, 5.41) is 9.75. The van der Waals surface area contributed by atoms with Gasteiger partial charge in [-0.25, -0.2) is 18.6 Å². The van der Waals surface area contributed by atoms with Crippen LogP contribution in [0.4, 0.5) is 8.78 Å². The number of nitrogens with zero attached hydrogens (tertiary/aromatic N) is 1.